The summed E-state index contributed by atoms with van der Waals surface area (Å²) < 4.78 is 10.4. The van der Waals surface area contributed by atoms with E-state index in [4.69, 9.17) is 15.9 Å². The summed E-state index contributed by atoms with van der Waals surface area (Å²) in [6, 6.07) is 18.2. The molecule has 4 nitrogen and oxygen atoms in total. The van der Waals surface area contributed by atoms with Crippen LogP contribution in [-0.2, 0) is 17.8 Å². The molecule has 0 aliphatic rings. The van der Waals surface area contributed by atoms with E-state index in [9.17, 15) is 5.11 Å². The van der Waals surface area contributed by atoms with Crippen LogP contribution >= 0.6 is 0 Å². The normalized spacial score (nSPS) is 11.9. The van der Waals surface area contributed by atoms with Gasteiger partial charge in [0.15, 0.2) is 0 Å². The molecule has 25 heavy (non-hydrogen) atoms. The fourth-order valence-corrected chi connectivity index (χ4v) is 2.62. The summed E-state index contributed by atoms with van der Waals surface area (Å²) >= 11 is 0. The zero-order valence-electron chi connectivity index (χ0n) is 14.6. The maximum Gasteiger partial charge on any atom is 0.118 e. The number of rotatable bonds is 10. The Kier molecular flexibility index (Phi) is 8.00. The standard InChI is InChI=1S/C21H25NO3/c1-3-13-25-17-20(23)16-22(14-18-7-5-4-6-8-18)15-19-9-11-21(24-2)12-10-19/h1,4-12,20,23H,13-17H2,2H3/t20-/m1/s1. The van der Waals surface area contributed by atoms with E-state index in [1.165, 1.54) is 5.56 Å². The first kappa shape index (κ1) is 19.0. The Hall–Kier alpha value is -2.32. The second-order valence-electron chi connectivity index (χ2n) is 5.88. The predicted molar refractivity (Wildman–Crippen MR) is 99.2 cm³/mol. The lowest BCUT2D eigenvalue weighted by Crippen LogP contribution is -2.34. The molecule has 1 atom stereocenters. The molecule has 0 radical (unpaired) electrons. The Morgan fingerprint density at radius 3 is 2.28 bits per heavy atom. The number of hydrogen-bond acceptors (Lipinski definition) is 4. The number of methoxy groups -OCH3 is 1. The van der Waals surface area contributed by atoms with Crippen LogP contribution in [0.15, 0.2) is 54.6 Å². The predicted octanol–water partition coefficient (Wildman–Crippen LogP) is 2.71. The number of benzene rings is 2. The smallest absolute Gasteiger partial charge is 0.118 e. The topological polar surface area (TPSA) is 41.9 Å². The summed E-state index contributed by atoms with van der Waals surface area (Å²) in [6.45, 7) is 2.43. The Balaban J connectivity index is 2.01. The highest BCUT2D eigenvalue weighted by atomic mass is 16.5. The Morgan fingerprint density at radius 2 is 1.68 bits per heavy atom. The van der Waals surface area contributed by atoms with E-state index in [1.54, 1.807) is 7.11 Å². The fraction of sp³-hybridized carbons (Fsp3) is 0.333. The molecular weight excluding hydrogens is 314 g/mol. The average Bonchev–Trinajstić information content (AvgIpc) is 2.63. The van der Waals surface area contributed by atoms with Crippen molar-refractivity contribution >= 4 is 0 Å². The SMILES string of the molecule is C#CCOC[C@H](O)CN(Cc1ccccc1)Cc1ccc(OC)cc1. The lowest BCUT2D eigenvalue weighted by molar-refractivity contribution is 0.0243. The van der Waals surface area contributed by atoms with Gasteiger partial charge in [0, 0.05) is 19.6 Å². The highest BCUT2D eigenvalue weighted by molar-refractivity contribution is 5.27. The van der Waals surface area contributed by atoms with Gasteiger partial charge in [-0.2, -0.15) is 0 Å². The molecule has 1 N–H and O–H groups in total. The fourth-order valence-electron chi connectivity index (χ4n) is 2.62. The molecule has 0 unspecified atom stereocenters. The van der Waals surface area contributed by atoms with E-state index >= 15 is 0 Å². The van der Waals surface area contributed by atoms with Gasteiger partial charge in [0.1, 0.15) is 12.4 Å². The highest BCUT2D eigenvalue weighted by Crippen LogP contribution is 2.15. The number of aliphatic hydroxyl groups is 1. The molecule has 0 saturated carbocycles. The molecule has 0 spiro atoms. The molecule has 132 valence electrons. The first-order valence-electron chi connectivity index (χ1n) is 8.29. The summed E-state index contributed by atoms with van der Waals surface area (Å²) in [5.41, 5.74) is 2.36. The van der Waals surface area contributed by atoms with Gasteiger partial charge in [-0.05, 0) is 23.3 Å². The van der Waals surface area contributed by atoms with Crippen molar-refractivity contribution in [3.8, 4) is 18.1 Å². The van der Waals surface area contributed by atoms with E-state index < -0.39 is 6.10 Å². The lowest BCUT2D eigenvalue weighted by atomic mass is 10.1. The van der Waals surface area contributed by atoms with E-state index in [0.29, 0.717) is 6.54 Å². The minimum atomic E-state index is -0.588. The lowest BCUT2D eigenvalue weighted by Gasteiger charge is -2.25. The second kappa shape index (κ2) is 10.5. The van der Waals surface area contributed by atoms with Crippen molar-refractivity contribution in [1.82, 2.24) is 4.90 Å². The zero-order chi connectivity index (χ0) is 17.9. The third-order valence-electron chi connectivity index (χ3n) is 3.78. The number of nitrogens with zero attached hydrogens (tertiary/aromatic N) is 1. The van der Waals surface area contributed by atoms with Gasteiger partial charge in [0.05, 0.1) is 19.8 Å². The van der Waals surface area contributed by atoms with E-state index in [0.717, 1.165) is 24.4 Å². The molecule has 2 aromatic rings. The van der Waals surface area contributed by atoms with Gasteiger partial charge in [-0.3, -0.25) is 4.90 Å². The van der Waals surface area contributed by atoms with Crippen molar-refractivity contribution in [2.45, 2.75) is 19.2 Å². The minimum Gasteiger partial charge on any atom is -0.497 e. The van der Waals surface area contributed by atoms with Crippen molar-refractivity contribution in [2.24, 2.45) is 0 Å². The molecule has 0 aromatic heterocycles. The summed E-state index contributed by atoms with van der Waals surface area (Å²) in [5.74, 6) is 3.24. The van der Waals surface area contributed by atoms with Crippen LogP contribution in [0.1, 0.15) is 11.1 Å². The van der Waals surface area contributed by atoms with Crippen molar-refractivity contribution < 1.29 is 14.6 Å². The zero-order valence-corrected chi connectivity index (χ0v) is 14.6. The molecule has 2 aromatic carbocycles. The first-order valence-corrected chi connectivity index (χ1v) is 8.29. The third-order valence-corrected chi connectivity index (χ3v) is 3.78. The van der Waals surface area contributed by atoms with Gasteiger partial charge in [-0.1, -0.05) is 48.4 Å². The van der Waals surface area contributed by atoms with Crippen molar-refractivity contribution in [3.63, 3.8) is 0 Å². The van der Waals surface area contributed by atoms with E-state index in [1.807, 2.05) is 42.5 Å². The van der Waals surface area contributed by atoms with Crippen LogP contribution < -0.4 is 4.74 Å². The maximum atomic E-state index is 10.2. The number of terminal acetylenes is 1. The first-order chi connectivity index (χ1) is 12.2. The summed E-state index contributed by atoms with van der Waals surface area (Å²) in [4.78, 5) is 2.20. The van der Waals surface area contributed by atoms with Gasteiger partial charge in [0.2, 0.25) is 0 Å². The quantitative estimate of drug-likeness (QED) is 0.534. The van der Waals surface area contributed by atoms with Gasteiger partial charge >= 0.3 is 0 Å². The molecule has 2 rings (SSSR count). The van der Waals surface area contributed by atoms with Crippen LogP contribution in [0.5, 0.6) is 5.75 Å². The van der Waals surface area contributed by atoms with Crippen LogP contribution in [0.4, 0.5) is 0 Å². The van der Waals surface area contributed by atoms with Crippen LogP contribution in [0.2, 0.25) is 0 Å². The van der Waals surface area contributed by atoms with Gasteiger partial charge < -0.3 is 14.6 Å². The number of ether oxygens (including phenoxy) is 2. The van der Waals surface area contributed by atoms with Gasteiger partial charge in [-0.15, -0.1) is 6.42 Å². The van der Waals surface area contributed by atoms with Crippen LogP contribution in [0, 0.1) is 12.3 Å². The van der Waals surface area contributed by atoms with Crippen molar-refractivity contribution in [2.75, 3.05) is 26.9 Å². The van der Waals surface area contributed by atoms with E-state index in [-0.39, 0.29) is 13.2 Å². The van der Waals surface area contributed by atoms with Crippen LogP contribution in [0.25, 0.3) is 0 Å². The van der Waals surface area contributed by atoms with Crippen LogP contribution in [0.3, 0.4) is 0 Å². The largest absolute Gasteiger partial charge is 0.497 e. The molecule has 0 fully saturated rings. The maximum absolute atomic E-state index is 10.2. The number of hydrogen-bond donors (Lipinski definition) is 1. The molecular formula is C21H25NO3. The summed E-state index contributed by atoms with van der Waals surface area (Å²) in [6.07, 6.45) is 4.58. The molecule has 0 aliphatic heterocycles. The van der Waals surface area contributed by atoms with Gasteiger partial charge in [0.25, 0.3) is 0 Å². The molecule has 4 heteroatoms. The minimum absolute atomic E-state index is 0.216. The summed E-state index contributed by atoms with van der Waals surface area (Å²) in [7, 11) is 1.66. The monoisotopic (exact) mass is 339 g/mol. The molecule has 0 saturated heterocycles. The molecule has 0 heterocycles. The molecule has 0 aliphatic carbocycles. The molecule has 0 amide bonds. The Bertz CT molecular complexity index is 649. The Morgan fingerprint density at radius 1 is 1.04 bits per heavy atom. The Labute approximate surface area is 150 Å². The highest BCUT2D eigenvalue weighted by Gasteiger charge is 2.13. The summed E-state index contributed by atoms with van der Waals surface area (Å²) in [5, 5.41) is 10.2. The van der Waals surface area contributed by atoms with Crippen molar-refractivity contribution in [3.05, 3.63) is 65.7 Å². The van der Waals surface area contributed by atoms with Crippen molar-refractivity contribution in [1.29, 1.82) is 0 Å². The third kappa shape index (κ3) is 6.98. The number of aliphatic hydroxyl groups excluding tert-OH is 1. The van der Waals surface area contributed by atoms with Crippen LogP contribution in [-0.4, -0.2) is 43.0 Å². The van der Waals surface area contributed by atoms with E-state index in [2.05, 4.69) is 23.0 Å². The molecule has 0 bridgehead atoms. The second-order valence-corrected chi connectivity index (χ2v) is 5.88. The van der Waals surface area contributed by atoms with Gasteiger partial charge in [-0.25, -0.2) is 0 Å². The average molecular weight is 339 g/mol.